The summed E-state index contributed by atoms with van der Waals surface area (Å²) in [5.41, 5.74) is 0. The predicted molar refractivity (Wildman–Crippen MR) is 229 cm³/mol. The number of hydrogen-bond donors (Lipinski definition) is 1. The van der Waals surface area contributed by atoms with Gasteiger partial charge in [-0.25, -0.2) is 0 Å². The first-order chi connectivity index (χ1) is 27.0. The van der Waals surface area contributed by atoms with E-state index < -0.39 is 0 Å². The van der Waals surface area contributed by atoms with Crippen LogP contribution < -0.4 is 0 Å². The van der Waals surface area contributed by atoms with E-state index >= 15 is 0 Å². The fourth-order valence-corrected chi connectivity index (χ4v) is 7.11. The molecule has 0 heterocycles. The van der Waals surface area contributed by atoms with Crippen molar-refractivity contribution >= 4 is 17.9 Å². The molecule has 0 aliphatic rings. The zero-order valence-corrected chi connectivity index (χ0v) is 36.7. The second kappa shape index (κ2) is 43.5. The summed E-state index contributed by atoms with van der Waals surface area (Å²) in [5, 5.41) is 9.64. The van der Waals surface area contributed by atoms with E-state index in [4.69, 9.17) is 14.2 Å². The molecule has 55 heavy (non-hydrogen) atoms. The van der Waals surface area contributed by atoms with Crippen molar-refractivity contribution in [1.82, 2.24) is 4.90 Å². The minimum atomic E-state index is -0.152. The SMILES string of the molecule is CCCCCCCCCCCCCCCC(=O)OCCCCCCN(CCO)CCCCC(COC(=O)CCCCCCC)COC(=O)CCCCCCC. The third-order valence-corrected chi connectivity index (χ3v) is 10.8. The summed E-state index contributed by atoms with van der Waals surface area (Å²) in [7, 11) is 0. The van der Waals surface area contributed by atoms with Gasteiger partial charge in [0.25, 0.3) is 0 Å². The van der Waals surface area contributed by atoms with E-state index in [1.54, 1.807) is 0 Å². The first kappa shape index (κ1) is 53.3. The molecule has 0 fully saturated rings. The average Bonchev–Trinajstić information content (AvgIpc) is 3.18. The van der Waals surface area contributed by atoms with Crippen LogP contribution in [0.25, 0.3) is 0 Å². The monoisotopic (exact) mass is 782 g/mol. The van der Waals surface area contributed by atoms with Crippen LogP contribution in [0.5, 0.6) is 0 Å². The largest absolute Gasteiger partial charge is 0.466 e. The third kappa shape index (κ3) is 40.3. The molecule has 0 rings (SSSR count). The second-order valence-electron chi connectivity index (χ2n) is 16.2. The molecule has 0 spiro atoms. The lowest BCUT2D eigenvalue weighted by atomic mass is 10.0. The van der Waals surface area contributed by atoms with E-state index in [0.29, 0.717) is 45.6 Å². The van der Waals surface area contributed by atoms with Crippen LogP contribution in [0.2, 0.25) is 0 Å². The molecule has 0 aliphatic carbocycles. The maximum Gasteiger partial charge on any atom is 0.305 e. The van der Waals surface area contributed by atoms with Crippen LogP contribution in [0, 0.1) is 5.92 Å². The molecule has 0 saturated carbocycles. The molecular weight excluding hydrogens is 691 g/mol. The molecular formula is C47H91NO7. The van der Waals surface area contributed by atoms with Gasteiger partial charge in [0, 0.05) is 31.7 Å². The molecule has 326 valence electrons. The second-order valence-corrected chi connectivity index (χ2v) is 16.2. The van der Waals surface area contributed by atoms with Gasteiger partial charge < -0.3 is 24.2 Å². The Labute approximate surface area is 340 Å². The topological polar surface area (TPSA) is 102 Å². The van der Waals surface area contributed by atoms with Crippen molar-refractivity contribution in [3.05, 3.63) is 0 Å². The van der Waals surface area contributed by atoms with Crippen LogP contribution in [0.4, 0.5) is 0 Å². The molecule has 8 nitrogen and oxygen atoms in total. The Balaban J connectivity index is 4.16. The highest BCUT2D eigenvalue weighted by Gasteiger charge is 2.16. The first-order valence-electron chi connectivity index (χ1n) is 23.8. The van der Waals surface area contributed by atoms with E-state index in [1.807, 2.05) is 0 Å². The van der Waals surface area contributed by atoms with Crippen LogP contribution >= 0.6 is 0 Å². The summed E-state index contributed by atoms with van der Waals surface area (Å²) >= 11 is 0. The standard InChI is InChI=1S/C47H91NO7/c1-4-7-10-13-14-15-16-17-18-19-20-23-28-34-45(50)53-41-32-25-24-30-37-48(39-40-49)38-31-29-33-44(42-54-46(51)35-26-21-11-8-5-2)43-55-47(52)36-27-22-12-9-6-3/h44,49H,4-43H2,1-3H3. The zero-order chi connectivity index (χ0) is 40.3. The van der Waals surface area contributed by atoms with Gasteiger partial charge in [0.2, 0.25) is 0 Å². The number of ether oxygens (including phenoxy) is 3. The highest BCUT2D eigenvalue weighted by Crippen LogP contribution is 2.16. The van der Waals surface area contributed by atoms with Crippen molar-refractivity contribution in [3.63, 3.8) is 0 Å². The number of carbonyl (C=O) groups is 3. The van der Waals surface area contributed by atoms with Gasteiger partial charge in [-0.05, 0) is 58.0 Å². The summed E-state index contributed by atoms with van der Waals surface area (Å²) in [6.07, 6.45) is 36.2. The normalized spacial score (nSPS) is 11.5. The fraction of sp³-hybridized carbons (Fsp3) is 0.936. The third-order valence-electron chi connectivity index (χ3n) is 10.8. The van der Waals surface area contributed by atoms with Crippen molar-refractivity contribution in [2.75, 3.05) is 46.1 Å². The molecule has 0 radical (unpaired) electrons. The number of unbranched alkanes of at least 4 members (excludes halogenated alkanes) is 24. The van der Waals surface area contributed by atoms with Gasteiger partial charge in [-0.2, -0.15) is 0 Å². The lowest BCUT2D eigenvalue weighted by molar-refractivity contribution is -0.149. The number of carbonyl (C=O) groups excluding carboxylic acids is 3. The summed E-state index contributed by atoms with van der Waals surface area (Å²) in [4.78, 5) is 39.2. The molecule has 1 N–H and O–H groups in total. The van der Waals surface area contributed by atoms with Gasteiger partial charge in [0.05, 0.1) is 26.4 Å². The van der Waals surface area contributed by atoms with Gasteiger partial charge in [-0.3, -0.25) is 14.4 Å². The van der Waals surface area contributed by atoms with Gasteiger partial charge in [-0.15, -0.1) is 0 Å². The molecule has 0 bridgehead atoms. The molecule has 0 unspecified atom stereocenters. The van der Waals surface area contributed by atoms with Crippen LogP contribution in [0.15, 0.2) is 0 Å². The van der Waals surface area contributed by atoms with Crippen molar-refractivity contribution in [3.8, 4) is 0 Å². The predicted octanol–water partition coefficient (Wildman–Crippen LogP) is 12.5. The van der Waals surface area contributed by atoms with E-state index in [1.165, 1.54) is 96.3 Å². The molecule has 0 aromatic heterocycles. The van der Waals surface area contributed by atoms with Crippen LogP contribution in [0.1, 0.15) is 233 Å². The van der Waals surface area contributed by atoms with E-state index in [0.717, 1.165) is 109 Å². The quantitative estimate of drug-likeness (QED) is 0.0370. The lowest BCUT2D eigenvalue weighted by Crippen LogP contribution is -2.29. The fourth-order valence-electron chi connectivity index (χ4n) is 7.11. The van der Waals surface area contributed by atoms with Gasteiger partial charge in [-0.1, -0.05) is 168 Å². The molecule has 8 heteroatoms. The first-order valence-corrected chi connectivity index (χ1v) is 23.8. The van der Waals surface area contributed by atoms with Crippen molar-refractivity contribution < 1.29 is 33.7 Å². The average molecular weight is 782 g/mol. The Morgan fingerprint density at radius 1 is 0.418 bits per heavy atom. The molecule has 0 saturated heterocycles. The highest BCUT2D eigenvalue weighted by molar-refractivity contribution is 5.70. The Morgan fingerprint density at radius 2 is 0.764 bits per heavy atom. The van der Waals surface area contributed by atoms with Crippen molar-refractivity contribution in [2.24, 2.45) is 5.92 Å². The number of esters is 3. The highest BCUT2D eigenvalue weighted by atomic mass is 16.5. The Morgan fingerprint density at radius 3 is 1.18 bits per heavy atom. The lowest BCUT2D eigenvalue weighted by Gasteiger charge is -2.22. The van der Waals surface area contributed by atoms with Crippen molar-refractivity contribution in [1.29, 1.82) is 0 Å². The number of aliphatic hydroxyl groups excluding tert-OH is 1. The number of hydrogen-bond acceptors (Lipinski definition) is 8. The molecule has 0 aromatic rings. The summed E-state index contributed by atoms with van der Waals surface area (Å²) in [5.74, 6) is -0.351. The van der Waals surface area contributed by atoms with Crippen LogP contribution in [0.3, 0.4) is 0 Å². The Kier molecular flexibility index (Phi) is 42.1. The molecule has 0 aliphatic heterocycles. The van der Waals surface area contributed by atoms with Gasteiger partial charge >= 0.3 is 17.9 Å². The van der Waals surface area contributed by atoms with Crippen LogP contribution in [-0.2, 0) is 28.6 Å². The Hall–Kier alpha value is -1.67. The summed E-state index contributed by atoms with van der Waals surface area (Å²) in [6.45, 7) is 10.4. The van der Waals surface area contributed by atoms with E-state index in [2.05, 4.69) is 25.7 Å². The zero-order valence-electron chi connectivity index (χ0n) is 36.7. The number of nitrogens with zero attached hydrogens (tertiary/aromatic N) is 1. The summed E-state index contributed by atoms with van der Waals surface area (Å²) in [6, 6.07) is 0. The molecule has 0 aromatic carbocycles. The minimum Gasteiger partial charge on any atom is -0.466 e. The Bertz CT molecular complexity index is 808. The minimum absolute atomic E-state index is 0.00264. The summed E-state index contributed by atoms with van der Waals surface area (Å²) < 4.78 is 16.8. The van der Waals surface area contributed by atoms with Crippen LogP contribution in [-0.4, -0.2) is 74.0 Å². The molecule has 0 amide bonds. The van der Waals surface area contributed by atoms with E-state index in [-0.39, 0.29) is 30.4 Å². The van der Waals surface area contributed by atoms with Gasteiger partial charge in [0.15, 0.2) is 0 Å². The molecule has 0 atom stereocenters. The maximum absolute atomic E-state index is 12.4. The number of aliphatic hydroxyl groups is 1. The van der Waals surface area contributed by atoms with Gasteiger partial charge in [0.1, 0.15) is 0 Å². The van der Waals surface area contributed by atoms with Crippen molar-refractivity contribution in [2.45, 2.75) is 233 Å². The maximum atomic E-state index is 12.4. The number of rotatable bonds is 44. The smallest absolute Gasteiger partial charge is 0.305 e. The van der Waals surface area contributed by atoms with E-state index in [9.17, 15) is 19.5 Å².